The summed E-state index contributed by atoms with van der Waals surface area (Å²) in [5.41, 5.74) is 1.28. The van der Waals surface area contributed by atoms with E-state index in [1.807, 2.05) is 74.5 Å². The fourth-order valence-corrected chi connectivity index (χ4v) is 7.43. The quantitative estimate of drug-likeness (QED) is 0.183. The SMILES string of the molecule is CCCCn1c(=O)c2cccc3c2c(cc2c4cc5c(=O)n(CCCC)c(=O)c6cccc(c65)c4n(-c4ccc(OC)cc4)c23)c1=O. The molecule has 0 saturated heterocycles. The van der Waals surface area contributed by atoms with Gasteiger partial charge in [0.05, 0.1) is 18.1 Å². The number of nitrogens with zero attached hydrogens (tertiary/aromatic N) is 3. The van der Waals surface area contributed by atoms with Crippen molar-refractivity contribution in [2.45, 2.75) is 52.6 Å². The van der Waals surface area contributed by atoms with Crippen LogP contribution in [0, 0.1) is 0 Å². The van der Waals surface area contributed by atoms with Gasteiger partial charge in [0.25, 0.3) is 22.2 Å². The molecule has 0 bridgehead atoms. The Morgan fingerprint density at radius 1 is 0.532 bits per heavy atom. The Balaban J connectivity index is 1.65. The maximum absolute atomic E-state index is 14.1. The number of hydrogen-bond acceptors (Lipinski definition) is 5. The Kier molecular flexibility index (Phi) is 6.65. The zero-order chi connectivity index (χ0) is 32.6. The summed E-state index contributed by atoms with van der Waals surface area (Å²) in [5.74, 6) is 0.703. The molecule has 0 spiro atoms. The molecule has 0 aliphatic carbocycles. The first kappa shape index (κ1) is 28.9. The lowest BCUT2D eigenvalue weighted by Crippen LogP contribution is -2.33. The topological polar surface area (TPSA) is 92.3 Å². The molecule has 234 valence electrons. The number of methoxy groups -OCH3 is 1. The molecule has 8 aromatic rings. The second kappa shape index (κ2) is 10.8. The molecule has 0 fully saturated rings. The van der Waals surface area contributed by atoms with E-state index in [9.17, 15) is 19.2 Å². The minimum Gasteiger partial charge on any atom is -0.497 e. The highest BCUT2D eigenvalue weighted by Gasteiger charge is 2.25. The second-order valence-corrected chi connectivity index (χ2v) is 12.4. The molecule has 3 aromatic heterocycles. The van der Waals surface area contributed by atoms with Crippen LogP contribution in [0.3, 0.4) is 0 Å². The van der Waals surface area contributed by atoms with Crippen LogP contribution in [-0.2, 0) is 13.1 Å². The molecule has 8 rings (SSSR count). The molecule has 0 atom stereocenters. The standard InChI is InChI=1S/C39H33N3O5/c1-4-6-18-40-36(43)26-12-8-10-24-32(26)30(38(40)45)20-28-29-21-31-33-25(11-9-13-27(33)37(44)41(39(31)46)19-7-5-2)35(29)42(34(24)28)22-14-16-23(47-3)17-15-22/h8-17,20-21H,4-7,18-19H2,1-3H3. The molecule has 0 saturated carbocycles. The van der Waals surface area contributed by atoms with E-state index in [2.05, 4.69) is 4.57 Å². The second-order valence-electron chi connectivity index (χ2n) is 12.4. The summed E-state index contributed by atoms with van der Waals surface area (Å²) in [6, 6.07) is 22.7. The van der Waals surface area contributed by atoms with Crippen LogP contribution in [0.15, 0.2) is 92.0 Å². The van der Waals surface area contributed by atoms with Crippen LogP contribution >= 0.6 is 0 Å². The molecule has 0 radical (unpaired) electrons. The molecule has 0 amide bonds. The summed E-state index contributed by atoms with van der Waals surface area (Å²) in [5, 5.41) is 6.34. The summed E-state index contributed by atoms with van der Waals surface area (Å²) in [4.78, 5) is 55.6. The van der Waals surface area contributed by atoms with Crippen molar-refractivity contribution in [1.82, 2.24) is 13.7 Å². The van der Waals surface area contributed by atoms with Crippen molar-refractivity contribution in [3.8, 4) is 11.4 Å². The summed E-state index contributed by atoms with van der Waals surface area (Å²) in [6.45, 7) is 4.77. The number of pyridine rings is 2. The predicted molar refractivity (Wildman–Crippen MR) is 191 cm³/mol. The van der Waals surface area contributed by atoms with E-state index in [0.29, 0.717) is 51.2 Å². The van der Waals surface area contributed by atoms with Gasteiger partial charge in [-0.05, 0) is 61.4 Å². The Hall–Kier alpha value is -5.50. The molecular formula is C39H33N3O5. The lowest BCUT2D eigenvalue weighted by molar-refractivity contribution is 0.415. The largest absolute Gasteiger partial charge is 0.497 e. The number of benzene rings is 5. The van der Waals surface area contributed by atoms with E-state index < -0.39 is 0 Å². The predicted octanol–water partition coefficient (Wildman–Crippen LogP) is 6.92. The number of aromatic nitrogens is 3. The lowest BCUT2D eigenvalue weighted by atomic mass is 9.96. The molecule has 0 aliphatic rings. The average molecular weight is 624 g/mol. The molecule has 5 aromatic carbocycles. The van der Waals surface area contributed by atoms with Crippen molar-refractivity contribution in [2.24, 2.45) is 0 Å². The highest BCUT2D eigenvalue weighted by molar-refractivity contribution is 6.31. The van der Waals surface area contributed by atoms with Crippen LogP contribution in [-0.4, -0.2) is 20.8 Å². The first-order valence-electron chi connectivity index (χ1n) is 16.3. The Bertz CT molecular complexity index is 2610. The maximum atomic E-state index is 14.1. The van der Waals surface area contributed by atoms with Gasteiger partial charge >= 0.3 is 0 Å². The highest BCUT2D eigenvalue weighted by atomic mass is 16.5. The number of ether oxygens (including phenoxy) is 1. The van der Waals surface area contributed by atoms with Gasteiger partial charge in [0, 0.05) is 72.6 Å². The molecule has 47 heavy (non-hydrogen) atoms. The summed E-state index contributed by atoms with van der Waals surface area (Å²) in [7, 11) is 1.62. The maximum Gasteiger partial charge on any atom is 0.261 e. The van der Waals surface area contributed by atoms with Gasteiger partial charge in [0.1, 0.15) is 5.75 Å². The first-order chi connectivity index (χ1) is 22.9. The van der Waals surface area contributed by atoms with Gasteiger partial charge in [0.15, 0.2) is 0 Å². The average Bonchev–Trinajstić information content (AvgIpc) is 3.43. The molecule has 8 heteroatoms. The third kappa shape index (κ3) is 4.00. The zero-order valence-electron chi connectivity index (χ0n) is 26.6. The summed E-state index contributed by atoms with van der Waals surface area (Å²) in [6.07, 6.45) is 3.14. The number of fused-ring (bicyclic) bond motifs is 5. The lowest BCUT2D eigenvalue weighted by Gasteiger charge is -2.15. The van der Waals surface area contributed by atoms with Crippen LogP contribution in [0.4, 0.5) is 0 Å². The monoisotopic (exact) mass is 623 g/mol. The van der Waals surface area contributed by atoms with Gasteiger partial charge in [-0.3, -0.25) is 28.3 Å². The van der Waals surface area contributed by atoms with E-state index in [4.69, 9.17) is 4.74 Å². The van der Waals surface area contributed by atoms with Crippen LogP contribution < -0.4 is 27.0 Å². The number of unbranched alkanes of at least 4 members (excludes halogenated alkanes) is 2. The first-order valence-corrected chi connectivity index (χ1v) is 16.3. The van der Waals surface area contributed by atoms with Crippen LogP contribution in [0.5, 0.6) is 5.75 Å². The summed E-state index contributed by atoms with van der Waals surface area (Å²) < 4.78 is 10.3. The van der Waals surface area contributed by atoms with Crippen LogP contribution in [0.25, 0.3) is 70.6 Å². The van der Waals surface area contributed by atoms with E-state index in [1.165, 1.54) is 9.13 Å². The van der Waals surface area contributed by atoms with Crippen molar-refractivity contribution in [1.29, 1.82) is 0 Å². The molecule has 8 nitrogen and oxygen atoms in total. The van der Waals surface area contributed by atoms with Crippen molar-refractivity contribution < 1.29 is 4.74 Å². The smallest absolute Gasteiger partial charge is 0.261 e. The summed E-state index contributed by atoms with van der Waals surface area (Å²) >= 11 is 0. The fraction of sp³-hybridized carbons (Fsp3) is 0.231. The van der Waals surface area contributed by atoms with Gasteiger partial charge in [0.2, 0.25) is 0 Å². The van der Waals surface area contributed by atoms with Crippen molar-refractivity contribution in [2.75, 3.05) is 7.11 Å². The van der Waals surface area contributed by atoms with Crippen molar-refractivity contribution in [3.63, 3.8) is 0 Å². The van der Waals surface area contributed by atoms with E-state index >= 15 is 0 Å². The van der Waals surface area contributed by atoms with Crippen molar-refractivity contribution in [3.05, 3.63) is 114 Å². The van der Waals surface area contributed by atoms with Gasteiger partial charge in [-0.2, -0.15) is 0 Å². The van der Waals surface area contributed by atoms with Gasteiger partial charge < -0.3 is 9.30 Å². The van der Waals surface area contributed by atoms with Gasteiger partial charge in [-0.1, -0.05) is 51.0 Å². The van der Waals surface area contributed by atoms with E-state index in [0.717, 1.165) is 63.9 Å². The molecule has 3 heterocycles. The van der Waals surface area contributed by atoms with Crippen molar-refractivity contribution >= 4 is 64.9 Å². The number of rotatable bonds is 8. The highest BCUT2D eigenvalue weighted by Crippen LogP contribution is 2.43. The zero-order valence-corrected chi connectivity index (χ0v) is 26.6. The Morgan fingerprint density at radius 2 is 0.957 bits per heavy atom. The molecule has 0 unspecified atom stereocenters. The Labute approximate surface area is 268 Å². The minimum atomic E-state index is -0.309. The fourth-order valence-electron chi connectivity index (χ4n) is 7.43. The van der Waals surface area contributed by atoms with Crippen LogP contribution in [0.2, 0.25) is 0 Å². The third-order valence-electron chi connectivity index (χ3n) is 9.71. The Morgan fingerprint density at radius 3 is 1.38 bits per heavy atom. The number of hydrogen-bond donors (Lipinski definition) is 0. The van der Waals surface area contributed by atoms with Gasteiger partial charge in [-0.25, -0.2) is 0 Å². The van der Waals surface area contributed by atoms with E-state index in [1.54, 1.807) is 19.2 Å². The van der Waals surface area contributed by atoms with Crippen LogP contribution in [0.1, 0.15) is 39.5 Å². The van der Waals surface area contributed by atoms with E-state index in [-0.39, 0.29) is 22.2 Å². The molecule has 0 aliphatic heterocycles. The third-order valence-corrected chi connectivity index (χ3v) is 9.71. The van der Waals surface area contributed by atoms with Gasteiger partial charge in [-0.15, -0.1) is 0 Å². The normalized spacial score (nSPS) is 12.1. The molecular weight excluding hydrogens is 590 g/mol. The minimum absolute atomic E-state index is 0.285. The molecule has 0 N–H and O–H groups in total.